The van der Waals surface area contributed by atoms with Crippen molar-refractivity contribution in [2.45, 2.75) is 20.2 Å². The van der Waals surface area contributed by atoms with E-state index in [2.05, 4.69) is 3.63 Å². The van der Waals surface area contributed by atoms with Crippen molar-refractivity contribution >= 4 is 43.6 Å². The predicted molar refractivity (Wildman–Crippen MR) is 109 cm³/mol. The van der Waals surface area contributed by atoms with Crippen LogP contribution in [0.5, 0.6) is 0 Å². The number of halogens is 5. The Labute approximate surface area is 177 Å². The van der Waals surface area contributed by atoms with E-state index < -0.39 is 25.9 Å². The molecule has 0 atom stereocenters. The standard InChI is InChI=1S/C19H13Cl2F3O3S2/c20-14-6-10-17(11-7-14)28(16-4-2-1-3-5-16,18-12-8-15(21)9-13-18)27-29(25,26)19(22,23)24/h1-13H/p+1. The van der Waals surface area contributed by atoms with Crippen LogP contribution < -0.4 is 0 Å². The normalized spacial score (nSPS) is 13.3. The summed E-state index contributed by atoms with van der Waals surface area (Å²) in [6, 6.07) is 19.8. The van der Waals surface area contributed by atoms with E-state index in [9.17, 15) is 21.6 Å². The minimum absolute atomic E-state index is 0.281. The smallest absolute Gasteiger partial charge is 0.255 e. The Morgan fingerprint density at radius 2 is 1.03 bits per heavy atom. The van der Waals surface area contributed by atoms with Gasteiger partial charge in [-0.05, 0) is 60.7 Å². The Hall–Kier alpha value is -1.71. The highest BCUT2D eigenvalue weighted by Crippen LogP contribution is 2.69. The molecule has 0 unspecified atom stereocenters. The van der Waals surface area contributed by atoms with Gasteiger partial charge in [-0.15, -0.1) is 8.42 Å². The zero-order valence-electron chi connectivity index (χ0n) is 14.5. The van der Waals surface area contributed by atoms with Gasteiger partial charge in [-0.1, -0.05) is 41.4 Å². The summed E-state index contributed by atoms with van der Waals surface area (Å²) in [6.45, 7) is 0. The fourth-order valence-electron chi connectivity index (χ4n) is 2.61. The van der Waals surface area contributed by atoms with E-state index in [0.717, 1.165) is 0 Å². The summed E-state index contributed by atoms with van der Waals surface area (Å²) in [5.41, 5.74) is -5.54. The van der Waals surface area contributed by atoms with Crippen molar-refractivity contribution in [1.29, 1.82) is 0 Å². The molecule has 29 heavy (non-hydrogen) atoms. The third kappa shape index (κ3) is 4.41. The maximum atomic E-state index is 13.3. The van der Waals surface area contributed by atoms with Crippen molar-refractivity contribution in [2.75, 3.05) is 0 Å². The van der Waals surface area contributed by atoms with Gasteiger partial charge in [-0.3, -0.25) is 3.63 Å². The molecule has 0 saturated carbocycles. The largest absolute Gasteiger partial charge is 0.572 e. The van der Waals surface area contributed by atoms with Crippen molar-refractivity contribution in [3.8, 4) is 0 Å². The molecule has 10 heteroatoms. The molecule has 0 fully saturated rings. The molecular formula is C19H14Cl2F3O3S2+. The maximum absolute atomic E-state index is 13.3. The van der Waals surface area contributed by atoms with Crippen molar-refractivity contribution in [3.63, 3.8) is 0 Å². The molecule has 3 aromatic carbocycles. The highest BCUT2D eigenvalue weighted by atomic mass is 35.5. The molecule has 0 aliphatic rings. The van der Waals surface area contributed by atoms with Crippen molar-refractivity contribution in [2.24, 2.45) is 0 Å². The Balaban J connectivity index is 2.39. The van der Waals surface area contributed by atoms with Crippen molar-refractivity contribution in [3.05, 3.63) is 88.9 Å². The zero-order valence-corrected chi connectivity index (χ0v) is 17.6. The minimum Gasteiger partial charge on any atom is -0.255 e. The first-order valence-corrected chi connectivity index (χ1v) is 11.8. The van der Waals surface area contributed by atoms with Crippen LogP contribution in [0.4, 0.5) is 13.2 Å². The first-order valence-electron chi connectivity index (χ1n) is 8.01. The first kappa shape index (κ1) is 22.0. The van der Waals surface area contributed by atoms with Crippen LogP contribution in [0, 0.1) is 0 Å². The van der Waals surface area contributed by atoms with Gasteiger partial charge < -0.3 is 0 Å². The topological polar surface area (TPSA) is 46.9 Å². The monoisotopic (exact) mass is 481 g/mol. The summed E-state index contributed by atoms with van der Waals surface area (Å²) >= 11 is 11.9. The van der Waals surface area contributed by atoms with Crippen LogP contribution in [0.2, 0.25) is 10.0 Å². The van der Waals surface area contributed by atoms with E-state index in [4.69, 9.17) is 23.2 Å². The quantitative estimate of drug-likeness (QED) is 0.221. The molecule has 154 valence electrons. The molecule has 0 saturated heterocycles. The van der Waals surface area contributed by atoms with Gasteiger partial charge in [0.05, 0.1) is 25.0 Å². The maximum Gasteiger partial charge on any atom is 0.572 e. The fraction of sp³-hybridized carbons (Fsp3) is 0.0526. The van der Waals surface area contributed by atoms with Crippen LogP contribution in [0.25, 0.3) is 0 Å². The lowest BCUT2D eigenvalue weighted by Crippen LogP contribution is -2.30. The second kappa shape index (κ2) is 8.20. The summed E-state index contributed by atoms with van der Waals surface area (Å²) in [5.74, 6) is 0. The molecule has 0 aliphatic heterocycles. The molecule has 0 aliphatic carbocycles. The van der Waals surface area contributed by atoms with E-state index in [1.807, 2.05) is 0 Å². The Morgan fingerprint density at radius 3 is 1.41 bits per heavy atom. The van der Waals surface area contributed by atoms with Gasteiger partial charge in [0.2, 0.25) is 0 Å². The van der Waals surface area contributed by atoms with Crippen LogP contribution in [-0.2, 0) is 10.1 Å². The number of alkyl halides is 3. The van der Waals surface area contributed by atoms with Gasteiger partial charge in [-0.2, -0.15) is 13.2 Å². The van der Waals surface area contributed by atoms with Gasteiger partial charge >= 0.3 is 15.6 Å². The zero-order chi connectivity index (χ0) is 21.3. The van der Waals surface area contributed by atoms with Crippen LogP contribution in [0.15, 0.2) is 93.5 Å². The number of rotatable bonds is 5. The molecule has 0 bridgehead atoms. The molecule has 3 nitrogen and oxygen atoms in total. The molecule has 1 N–H and O–H groups in total. The van der Waals surface area contributed by atoms with E-state index in [1.54, 1.807) is 30.3 Å². The van der Waals surface area contributed by atoms with Crippen molar-refractivity contribution < 1.29 is 25.2 Å². The molecule has 0 amide bonds. The molecule has 0 aromatic heterocycles. The summed E-state index contributed by atoms with van der Waals surface area (Å²) in [4.78, 5) is 0.879. The van der Waals surface area contributed by atoms with E-state index in [1.165, 1.54) is 48.5 Å². The summed E-state index contributed by atoms with van der Waals surface area (Å²) in [7, 11) is -9.03. The molecule has 0 radical (unpaired) electrons. The van der Waals surface area contributed by atoms with Crippen molar-refractivity contribution in [1.82, 2.24) is 0 Å². The Bertz CT molecular complexity index is 1040. The lowest BCUT2D eigenvalue weighted by atomic mass is 10.3. The number of hydrogen-bond donors (Lipinski definition) is 0. The fourth-order valence-corrected chi connectivity index (χ4v) is 7.84. The number of hydrogen-bond acceptors (Lipinski definition) is 2. The summed E-state index contributed by atoms with van der Waals surface area (Å²) < 4.78 is 67.9. The average molecular weight is 482 g/mol. The molecule has 3 aromatic rings. The number of benzene rings is 3. The van der Waals surface area contributed by atoms with Gasteiger partial charge in [0.25, 0.3) is 0 Å². The first-order chi connectivity index (χ1) is 13.6. The Morgan fingerprint density at radius 1 is 0.655 bits per heavy atom. The SMILES string of the molecule is O=S(=O)([OH+]S(c1ccccc1)(c1ccc(Cl)cc1)c1ccc(Cl)cc1)C(F)(F)F. The highest BCUT2D eigenvalue weighted by Gasteiger charge is 2.57. The van der Waals surface area contributed by atoms with Gasteiger partial charge in [-0.25, -0.2) is 0 Å². The van der Waals surface area contributed by atoms with Crippen LogP contribution in [0.3, 0.4) is 0 Å². The van der Waals surface area contributed by atoms with Crippen LogP contribution in [0.1, 0.15) is 0 Å². The van der Waals surface area contributed by atoms with Gasteiger partial charge in [0.1, 0.15) is 0 Å². The van der Waals surface area contributed by atoms with Crippen LogP contribution in [-0.4, -0.2) is 17.6 Å². The minimum atomic E-state index is -5.82. The average Bonchev–Trinajstić information content (AvgIpc) is 2.67. The second-order valence-electron chi connectivity index (χ2n) is 5.80. The van der Waals surface area contributed by atoms with E-state index >= 15 is 0 Å². The van der Waals surface area contributed by atoms with Gasteiger partial charge in [0, 0.05) is 10.0 Å². The molecular weight excluding hydrogens is 468 g/mol. The van der Waals surface area contributed by atoms with E-state index in [-0.39, 0.29) is 9.79 Å². The van der Waals surface area contributed by atoms with Crippen LogP contribution >= 0.6 is 33.5 Å². The molecule has 0 heterocycles. The highest BCUT2D eigenvalue weighted by molar-refractivity contribution is 8.32. The predicted octanol–water partition coefficient (Wildman–Crippen LogP) is 7.13. The third-order valence-electron chi connectivity index (χ3n) is 3.90. The lowest BCUT2D eigenvalue weighted by molar-refractivity contribution is -0.0540. The molecule has 0 spiro atoms. The Kier molecular flexibility index (Phi) is 6.21. The third-order valence-corrected chi connectivity index (χ3v) is 9.53. The second-order valence-corrected chi connectivity index (χ2v) is 11.3. The lowest BCUT2D eigenvalue weighted by Gasteiger charge is -2.34. The van der Waals surface area contributed by atoms with E-state index in [0.29, 0.717) is 14.9 Å². The van der Waals surface area contributed by atoms with Gasteiger partial charge in [0.15, 0.2) is 0 Å². The summed E-state index contributed by atoms with van der Waals surface area (Å²) in [5, 5.41) is 0.704. The molecule has 3 rings (SSSR count). The summed E-state index contributed by atoms with van der Waals surface area (Å²) in [6.07, 6.45) is 0.